The predicted octanol–water partition coefficient (Wildman–Crippen LogP) is 2.86. The number of ether oxygens (including phenoxy) is 1. The van der Waals surface area contributed by atoms with Crippen molar-refractivity contribution in [2.75, 3.05) is 6.61 Å². The van der Waals surface area contributed by atoms with Crippen molar-refractivity contribution in [1.82, 2.24) is 18.7 Å². The second-order valence-electron chi connectivity index (χ2n) is 6.89. The van der Waals surface area contributed by atoms with E-state index in [1.165, 1.54) is 16.0 Å². The fourth-order valence-electron chi connectivity index (χ4n) is 3.70. The molecule has 0 radical (unpaired) electrons. The highest BCUT2D eigenvalue weighted by Gasteiger charge is 2.22. The summed E-state index contributed by atoms with van der Waals surface area (Å²) < 4.78 is 11.8. The van der Waals surface area contributed by atoms with Crippen LogP contribution in [0.2, 0.25) is 0 Å². The van der Waals surface area contributed by atoms with E-state index in [-0.39, 0.29) is 17.4 Å². The molecule has 0 saturated carbocycles. The van der Waals surface area contributed by atoms with Crippen LogP contribution in [0.1, 0.15) is 18.4 Å². The van der Waals surface area contributed by atoms with Crippen LogP contribution < -0.4 is 11.2 Å². The van der Waals surface area contributed by atoms with Crippen LogP contribution in [-0.4, -0.2) is 31.5 Å². The summed E-state index contributed by atoms with van der Waals surface area (Å²) in [5.41, 5.74) is 1.20. The van der Waals surface area contributed by atoms with Crippen molar-refractivity contribution >= 4 is 43.3 Å². The molecule has 0 aliphatic carbocycles. The highest BCUT2D eigenvalue weighted by molar-refractivity contribution is 9.10. The van der Waals surface area contributed by atoms with Crippen LogP contribution in [0.15, 0.2) is 49.8 Å². The van der Waals surface area contributed by atoms with Crippen LogP contribution in [0.3, 0.4) is 0 Å². The number of aromatic nitrogens is 4. The van der Waals surface area contributed by atoms with Gasteiger partial charge in [0.2, 0.25) is 5.78 Å². The van der Waals surface area contributed by atoms with Gasteiger partial charge in [0.15, 0.2) is 0 Å². The molecule has 1 atom stereocenters. The molecule has 7 nitrogen and oxygen atoms in total. The van der Waals surface area contributed by atoms with Crippen LogP contribution >= 0.6 is 27.3 Å². The van der Waals surface area contributed by atoms with Gasteiger partial charge >= 0.3 is 5.69 Å². The Labute approximate surface area is 171 Å². The zero-order valence-corrected chi connectivity index (χ0v) is 17.3. The first-order valence-electron chi connectivity index (χ1n) is 9.07. The number of hydrogen-bond acceptors (Lipinski definition) is 5. The van der Waals surface area contributed by atoms with E-state index >= 15 is 0 Å². The molecule has 144 valence electrons. The Balaban J connectivity index is 1.70. The summed E-state index contributed by atoms with van der Waals surface area (Å²) in [5.74, 6) is 0.367. The molecule has 0 unspecified atom stereocenters. The lowest BCUT2D eigenvalue weighted by Gasteiger charge is -2.12. The van der Waals surface area contributed by atoms with Crippen molar-refractivity contribution < 1.29 is 4.74 Å². The molecular weight excluding hydrogens is 444 g/mol. The standard InChI is InChI=1S/C19H17BrN4O3S/c20-13-4-1-3-12(9-13)10-23-19(26)24-15-6-8-28-16(15)17(25)22(18(24)21-23)11-14-5-2-7-27-14/h1,3-4,6,8-9,14H,2,5,7,10-11H2/t14-/m0/s1. The second kappa shape index (κ2) is 6.98. The summed E-state index contributed by atoms with van der Waals surface area (Å²) in [6.45, 7) is 1.45. The van der Waals surface area contributed by atoms with Crippen molar-refractivity contribution in [1.29, 1.82) is 0 Å². The first-order valence-corrected chi connectivity index (χ1v) is 10.7. The monoisotopic (exact) mass is 460 g/mol. The van der Waals surface area contributed by atoms with Gasteiger partial charge in [0.25, 0.3) is 5.56 Å². The second-order valence-corrected chi connectivity index (χ2v) is 8.72. The van der Waals surface area contributed by atoms with E-state index in [1.54, 1.807) is 15.0 Å². The zero-order chi connectivity index (χ0) is 19.3. The molecule has 4 aromatic rings. The van der Waals surface area contributed by atoms with E-state index < -0.39 is 0 Å². The third-order valence-electron chi connectivity index (χ3n) is 5.02. The van der Waals surface area contributed by atoms with E-state index in [0.717, 1.165) is 22.9 Å². The first kappa shape index (κ1) is 17.8. The van der Waals surface area contributed by atoms with Crippen LogP contribution in [-0.2, 0) is 17.8 Å². The third kappa shape index (κ3) is 2.94. The molecule has 1 aliphatic heterocycles. The van der Waals surface area contributed by atoms with Gasteiger partial charge in [-0.05, 0) is 42.0 Å². The summed E-state index contributed by atoms with van der Waals surface area (Å²) >= 11 is 4.80. The molecule has 0 spiro atoms. The highest BCUT2D eigenvalue weighted by Crippen LogP contribution is 2.20. The minimum absolute atomic E-state index is 0.0238. The molecule has 1 fully saturated rings. The predicted molar refractivity (Wildman–Crippen MR) is 111 cm³/mol. The van der Waals surface area contributed by atoms with Gasteiger partial charge in [-0.2, -0.15) is 0 Å². The highest BCUT2D eigenvalue weighted by atomic mass is 79.9. The minimum atomic E-state index is -0.250. The average Bonchev–Trinajstić information content (AvgIpc) is 3.40. The van der Waals surface area contributed by atoms with Crippen molar-refractivity contribution in [3.05, 3.63) is 66.6 Å². The number of nitrogens with zero attached hydrogens (tertiary/aromatic N) is 4. The molecule has 0 N–H and O–H groups in total. The van der Waals surface area contributed by atoms with Gasteiger partial charge in [-0.15, -0.1) is 16.4 Å². The van der Waals surface area contributed by atoms with Crippen LogP contribution in [0.5, 0.6) is 0 Å². The van der Waals surface area contributed by atoms with Crippen molar-refractivity contribution in [3.63, 3.8) is 0 Å². The van der Waals surface area contributed by atoms with Gasteiger partial charge in [0.1, 0.15) is 4.70 Å². The summed E-state index contributed by atoms with van der Waals surface area (Å²) in [7, 11) is 0. The first-order chi connectivity index (χ1) is 13.6. The molecule has 0 bridgehead atoms. The smallest absolute Gasteiger partial charge is 0.352 e. The van der Waals surface area contributed by atoms with Gasteiger partial charge in [-0.25, -0.2) is 13.9 Å². The molecule has 9 heteroatoms. The van der Waals surface area contributed by atoms with Crippen LogP contribution in [0.25, 0.3) is 16.0 Å². The van der Waals surface area contributed by atoms with Gasteiger partial charge in [-0.3, -0.25) is 9.36 Å². The fourth-order valence-corrected chi connectivity index (χ4v) is 4.97. The number of halogens is 1. The Morgan fingerprint density at radius 1 is 1.29 bits per heavy atom. The Kier molecular flexibility index (Phi) is 4.45. The Morgan fingerprint density at radius 3 is 2.96 bits per heavy atom. The summed E-state index contributed by atoms with van der Waals surface area (Å²) in [5, 5.41) is 6.37. The molecule has 4 heterocycles. The summed E-state index contributed by atoms with van der Waals surface area (Å²) in [6.07, 6.45) is 1.87. The molecule has 0 amide bonds. The third-order valence-corrected chi connectivity index (χ3v) is 6.40. The van der Waals surface area contributed by atoms with Gasteiger partial charge < -0.3 is 4.74 Å². The quantitative estimate of drug-likeness (QED) is 0.469. The number of fused-ring (bicyclic) bond motifs is 3. The minimum Gasteiger partial charge on any atom is -0.376 e. The summed E-state index contributed by atoms with van der Waals surface area (Å²) in [6, 6.07) is 9.56. The maximum absolute atomic E-state index is 13.1. The SMILES string of the molecule is O=c1c2sccc2n2c(=O)n(Cc3cccc(Br)c3)nc2n1C[C@@H]1CCCO1. The molecular formula is C19H17BrN4O3S. The zero-order valence-electron chi connectivity index (χ0n) is 14.9. The van der Waals surface area contributed by atoms with Crippen LogP contribution in [0.4, 0.5) is 0 Å². The number of benzene rings is 1. The number of thiophene rings is 1. The lowest BCUT2D eigenvalue weighted by atomic mass is 10.2. The summed E-state index contributed by atoms with van der Waals surface area (Å²) in [4.78, 5) is 26.2. The van der Waals surface area contributed by atoms with Gasteiger partial charge in [0.05, 0.1) is 24.7 Å². The van der Waals surface area contributed by atoms with Crippen molar-refractivity contribution in [2.24, 2.45) is 0 Å². The normalized spacial score (nSPS) is 17.1. The van der Waals surface area contributed by atoms with E-state index in [9.17, 15) is 9.59 Å². The number of rotatable bonds is 4. The van der Waals surface area contributed by atoms with Gasteiger partial charge in [-0.1, -0.05) is 28.1 Å². The molecule has 3 aromatic heterocycles. The molecule has 1 aliphatic rings. The van der Waals surface area contributed by atoms with Gasteiger partial charge in [0, 0.05) is 11.1 Å². The van der Waals surface area contributed by atoms with E-state index in [2.05, 4.69) is 21.0 Å². The maximum Gasteiger partial charge on any atom is 0.352 e. The van der Waals surface area contributed by atoms with E-state index in [1.807, 2.05) is 29.6 Å². The van der Waals surface area contributed by atoms with Crippen molar-refractivity contribution in [3.8, 4) is 0 Å². The average molecular weight is 461 g/mol. The Bertz CT molecular complexity index is 1300. The molecule has 28 heavy (non-hydrogen) atoms. The fraction of sp³-hybridized carbons (Fsp3) is 0.316. The molecule has 1 aromatic carbocycles. The number of hydrogen-bond donors (Lipinski definition) is 0. The largest absolute Gasteiger partial charge is 0.376 e. The van der Waals surface area contributed by atoms with E-state index in [0.29, 0.717) is 35.7 Å². The molecule has 5 rings (SSSR count). The molecule has 1 saturated heterocycles. The van der Waals surface area contributed by atoms with Crippen molar-refractivity contribution in [2.45, 2.75) is 32.0 Å². The lowest BCUT2D eigenvalue weighted by Crippen LogP contribution is -2.29. The van der Waals surface area contributed by atoms with E-state index in [4.69, 9.17) is 4.74 Å². The topological polar surface area (TPSA) is 70.5 Å². The van der Waals surface area contributed by atoms with Crippen LogP contribution in [0, 0.1) is 0 Å². The lowest BCUT2D eigenvalue weighted by molar-refractivity contribution is 0.0969. The maximum atomic E-state index is 13.1. The Morgan fingerprint density at radius 2 is 2.18 bits per heavy atom. The Hall–Kier alpha value is -2.23.